The summed E-state index contributed by atoms with van der Waals surface area (Å²) in [5.41, 5.74) is 5.99. The van der Waals surface area contributed by atoms with Gasteiger partial charge in [-0.15, -0.1) is 0 Å². The molecule has 0 atom stereocenters. The van der Waals surface area contributed by atoms with E-state index < -0.39 is 0 Å². The first kappa shape index (κ1) is 9.21. The van der Waals surface area contributed by atoms with Crippen molar-refractivity contribution in [3.8, 4) is 5.69 Å². The van der Waals surface area contributed by atoms with Gasteiger partial charge in [-0.3, -0.25) is 4.57 Å². The Morgan fingerprint density at radius 1 is 1.36 bits per heavy atom. The fourth-order valence-corrected chi connectivity index (χ4v) is 1.59. The number of halogens is 2. The quantitative estimate of drug-likeness (QED) is 0.851. The van der Waals surface area contributed by atoms with Gasteiger partial charge in [-0.05, 0) is 28.1 Å². The van der Waals surface area contributed by atoms with E-state index in [9.17, 15) is 4.39 Å². The summed E-state index contributed by atoms with van der Waals surface area (Å²) in [6, 6.07) is 6.38. The molecule has 1 aromatic heterocycles. The number of nitrogens with zero attached hydrogens (tertiary/aromatic N) is 2. The van der Waals surface area contributed by atoms with Crippen LogP contribution in [0.2, 0.25) is 0 Å². The zero-order valence-corrected chi connectivity index (χ0v) is 8.70. The maximum atomic E-state index is 13.3. The Kier molecular flexibility index (Phi) is 2.25. The molecule has 0 amide bonds. The summed E-state index contributed by atoms with van der Waals surface area (Å²) in [5.74, 6) is -0.0777. The number of hydrogen-bond donors (Lipinski definition) is 1. The van der Waals surface area contributed by atoms with Crippen LogP contribution in [0.5, 0.6) is 0 Å². The summed E-state index contributed by atoms with van der Waals surface area (Å²) in [7, 11) is 0. The zero-order chi connectivity index (χ0) is 10.1. The standard InChI is InChI=1S/C9H7BrFN3/c10-8-5-14(9(12)13-8)7-4-2-1-3-6(7)11/h1-5H,(H2,12,13). The van der Waals surface area contributed by atoms with Gasteiger partial charge in [-0.25, -0.2) is 9.37 Å². The van der Waals surface area contributed by atoms with E-state index in [0.717, 1.165) is 0 Å². The minimum Gasteiger partial charge on any atom is -0.369 e. The van der Waals surface area contributed by atoms with Crippen molar-refractivity contribution in [2.75, 3.05) is 5.73 Å². The monoisotopic (exact) mass is 255 g/mol. The molecule has 0 saturated heterocycles. The predicted octanol–water partition coefficient (Wildman–Crippen LogP) is 2.36. The molecule has 1 heterocycles. The first-order chi connectivity index (χ1) is 6.68. The lowest BCUT2D eigenvalue weighted by atomic mass is 10.3. The fraction of sp³-hybridized carbons (Fsp3) is 0. The van der Waals surface area contributed by atoms with E-state index in [0.29, 0.717) is 10.3 Å². The Morgan fingerprint density at radius 2 is 2.07 bits per heavy atom. The molecule has 3 nitrogen and oxygen atoms in total. The smallest absolute Gasteiger partial charge is 0.206 e. The molecule has 0 unspecified atom stereocenters. The number of rotatable bonds is 1. The number of hydrogen-bond acceptors (Lipinski definition) is 2. The van der Waals surface area contributed by atoms with Crippen LogP contribution in [0.4, 0.5) is 10.3 Å². The molecule has 2 aromatic rings. The Balaban J connectivity index is 2.60. The van der Waals surface area contributed by atoms with E-state index in [4.69, 9.17) is 5.73 Å². The summed E-state index contributed by atoms with van der Waals surface area (Å²) in [4.78, 5) is 3.92. The highest BCUT2D eigenvalue weighted by atomic mass is 79.9. The summed E-state index contributed by atoms with van der Waals surface area (Å²) < 4.78 is 15.4. The van der Waals surface area contributed by atoms with Gasteiger partial charge in [0.25, 0.3) is 0 Å². The van der Waals surface area contributed by atoms with E-state index >= 15 is 0 Å². The summed E-state index contributed by atoms with van der Waals surface area (Å²) in [5, 5.41) is 0. The Hall–Kier alpha value is -1.36. The van der Waals surface area contributed by atoms with Gasteiger partial charge in [0.15, 0.2) is 0 Å². The molecule has 0 saturated carbocycles. The fourth-order valence-electron chi connectivity index (χ4n) is 1.20. The SMILES string of the molecule is Nc1nc(Br)cn1-c1ccccc1F. The van der Waals surface area contributed by atoms with Crippen molar-refractivity contribution in [1.29, 1.82) is 0 Å². The van der Waals surface area contributed by atoms with E-state index in [1.165, 1.54) is 10.6 Å². The average molecular weight is 256 g/mol. The maximum absolute atomic E-state index is 13.3. The molecule has 0 fully saturated rings. The van der Waals surface area contributed by atoms with Crippen LogP contribution in [-0.4, -0.2) is 9.55 Å². The lowest BCUT2D eigenvalue weighted by Crippen LogP contribution is -2.01. The molecule has 0 bridgehead atoms. The van der Waals surface area contributed by atoms with Gasteiger partial charge in [-0.1, -0.05) is 12.1 Å². The molecule has 5 heteroatoms. The second-order valence-corrected chi connectivity index (χ2v) is 3.56. The number of nitrogen functional groups attached to an aromatic ring is 1. The van der Waals surface area contributed by atoms with Gasteiger partial charge in [0, 0.05) is 6.20 Å². The second kappa shape index (κ2) is 3.42. The molecule has 0 aliphatic rings. The number of nitrogens with two attached hydrogens (primary N) is 1. The summed E-state index contributed by atoms with van der Waals surface area (Å²) in [6.45, 7) is 0. The van der Waals surface area contributed by atoms with Gasteiger partial charge in [0.05, 0.1) is 5.69 Å². The molecule has 0 aliphatic carbocycles. The third kappa shape index (κ3) is 1.50. The topological polar surface area (TPSA) is 43.8 Å². The first-order valence-electron chi connectivity index (χ1n) is 3.94. The molecule has 0 aliphatic heterocycles. The average Bonchev–Trinajstić information content (AvgIpc) is 2.46. The Bertz CT molecular complexity index is 467. The van der Waals surface area contributed by atoms with Crippen molar-refractivity contribution < 1.29 is 4.39 Å². The third-order valence-corrected chi connectivity index (χ3v) is 2.20. The van der Waals surface area contributed by atoms with Gasteiger partial charge in [0.1, 0.15) is 10.4 Å². The highest BCUT2D eigenvalue weighted by Crippen LogP contribution is 2.19. The van der Waals surface area contributed by atoms with Crippen LogP contribution in [-0.2, 0) is 0 Å². The van der Waals surface area contributed by atoms with Crippen LogP contribution in [0.1, 0.15) is 0 Å². The molecule has 14 heavy (non-hydrogen) atoms. The van der Waals surface area contributed by atoms with Crippen molar-refractivity contribution in [2.45, 2.75) is 0 Å². The number of para-hydroxylation sites is 1. The molecule has 0 spiro atoms. The third-order valence-electron chi connectivity index (χ3n) is 1.82. The van der Waals surface area contributed by atoms with Gasteiger partial charge >= 0.3 is 0 Å². The molecular formula is C9H7BrFN3. The molecule has 2 rings (SSSR count). The zero-order valence-electron chi connectivity index (χ0n) is 7.11. The molecule has 2 N–H and O–H groups in total. The number of imidazole rings is 1. The minimum atomic E-state index is -0.330. The van der Waals surface area contributed by atoms with Crippen LogP contribution >= 0.6 is 15.9 Å². The van der Waals surface area contributed by atoms with Crippen LogP contribution in [0, 0.1) is 5.82 Å². The van der Waals surface area contributed by atoms with Gasteiger partial charge in [0.2, 0.25) is 5.95 Å². The maximum Gasteiger partial charge on any atom is 0.206 e. The van der Waals surface area contributed by atoms with Gasteiger partial charge < -0.3 is 5.73 Å². The van der Waals surface area contributed by atoms with Crippen molar-refractivity contribution in [2.24, 2.45) is 0 Å². The summed E-state index contributed by atoms with van der Waals surface area (Å²) >= 11 is 3.17. The number of anilines is 1. The van der Waals surface area contributed by atoms with Crippen molar-refractivity contribution in [3.63, 3.8) is 0 Å². The highest BCUT2D eigenvalue weighted by Gasteiger charge is 2.08. The van der Waals surface area contributed by atoms with Crippen LogP contribution in [0.3, 0.4) is 0 Å². The minimum absolute atomic E-state index is 0.252. The summed E-state index contributed by atoms with van der Waals surface area (Å²) in [6.07, 6.45) is 1.62. The van der Waals surface area contributed by atoms with Crippen molar-refractivity contribution in [1.82, 2.24) is 9.55 Å². The highest BCUT2D eigenvalue weighted by molar-refractivity contribution is 9.10. The van der Waals surface area contributed by atoms with E-state index in [1.54, 1.807) is 24.4 Å². The van der Waals surface area contributed by atoms with Crippen molar-refractivity contribution in [3.05, 3.63) is 40.9 Å². The Morgan fingerprint density at radius 3 is 2.64 bits per heavy atom. The van der Waals surface area contributed by atoms with E-state index in [1.807, 2.05) is 0 Å². The van der Waals surface area contributed by atoms with E-state index in [2.05, 4.69) is 20.9 Å². The molecular weight excluding hydrogens is 249 g/mol. The lowest BCUT2D eigenvalue weighted by molar-refractivity contribution is 0.619. The van der Waals surface area contributed by atoms with Crippen molar-refractivity contribution >= 4 is 21.9 Å². The van der Waals surface area contributed by atoms with Crippen LogP contribution in [0.15, 0.2) is 35.1 Å². The predicted molar refractivity (Wildman–Crippen MR) is 55.6 cm³/mol. The molecule has 1 aromatic carbocycles. The first-order valence-corrected chi connectivity index (χ1v) is 4.73. The largest absolute Gasteiger partial charge is 0.369 e. The number of aromatic nitrogens is 2. The second-order valence-electron chi connectivity index (χ2n) is 2.74. The van der Waals surface area contributed by atoms with E-state index in [-0.39, 0.29) is 11.8 Å². The molecule has 72 valence electrons. The normalized spacial score (nSPS) is 10.4. The van der Waals surface area contributed by atoms with Crippen LogP contribution < -0.4 is 5.73 Å². The Labute approximate surface area is 88.5 Å². The number of benzene rings is 1. The lowest BCUT2D eigenvalue weighted by Gasteiger charge is -2.04. The van der Waals surface area contributed by atoms with Crippen LogP contribution in [0.25, 0.3) is 5.69 Å². The molecule has 0 radical (unpaired) electrons. The van der Waals surface area contributed by atoms with Gasteiger partial charge in [-0.2, -0.15) is 0 Å².